The van der Waals surface area contributed by atoms with Crippen LogP contribution in [0.4, 0.5) is 19.0 Å². The number of likely N-dealkylation sites (tertiary alicyclic amines) is 1. The molecule has 1 fully saturated rings. The first kappa shape index (κ1) is 24.3. The minimum Gasteiger partial charge on any atom is -0.344 e. The van der Waals surface area contributed by atoms with E-state index in [1.807, 2.05) is 13.8 Å². The minimum atomic E-state index is -4.48. The molecule has 2 aromatic rings. The van der Waals surface area contributed by atoms with E-state index >= 15 is 0 Å². The van der Waals surface area contributed by atoms with Gasteiger partial charge in [0, 0.05) is 25.6 Å². The zero-order valence-electron chi connectivity index (χ0n) is 18.3. The fourth-order valence-electron chi connectivity index (χ4n) is 3.70. The van der Waals surface area contributed by atoms with Crippen LogP contribution in [-0.4, -0.2) is 45.4 Å². The van der Waals surface area contributed by atoms with Crippen molar-refractivity contribution >= 4 is 23.5 Å². The van der Waals surface area contributed by atoms with E-state index in [2.05, 4.69) is 20.8 Å². The van der Waals surface area contributed by atoms with Crippen LogP contribution < -0.4 is 10.6 Å². The highest BCUT2D eigenvalue weighted by molar-refractivity contribution is 5.97. The SMILES string of the molecule is CC(C)C[C@@H](NC(=O)[C@H]1CC(=O)N(Cc2cccc(C(F)(F)F)c2)C1)C(=O)Nc1ccn[nH]1. The van der Waals surface area contributed by atoms with Crippen LogP contribution >= 0.6 is 0 Å². The third-order valence-electron chi connectivity index (χ3n) is 5.31. The molecule has 0 saturated carbocycles. The van der Waals surface area contributed by atoms with Crippen molar-refractivity contribution in [2.75, 3.05) is 11.9 Å². The van der Waals surface area contributed by atoms with Crippen LogP contribution in [0.5, 0.6) is 0 Å². The lowest BCUT2D eigenvalue weighted by atomic mass is 10.0. The van der Waals surface area contributed by atoms with Gasteiger partial charge in [0.05, 0.1) is 17.7 Å². The fourth-order valence-corrected chi connectivity index (χ4v) is 3.70. The van der Waals surface area contributed by atoms with Crippen LogP contribution in [0.3, 0.4) is 0 Å². The summed E-state index contributed by atoms with van der Waals surface area (Å²) in [7, 11) is 0. The number of carbonyl (C=O) groups is 3. The number of halogens is 3. The maximum Gasteiger partial charge on any atom is 0.416 e. The quantitative estimate of drug-likeness (QED) is 0.557. The number of aromatic nitrogens is 2. The lowest BCUT2D eigenvalue weighted by molar-refractivity contribution is -0.137. The molecule has 1 aliphatic heterocycles. The number of rotatable bonds is 8. The standard InChI is InChI=1S/C22H26F3N5O3/c1-13(2)8-17(21(33)28-18-6-7-26-29-18)27-20(32)15-10-19(31)30(12-15)11-14-4-3-5-16(9-14)22(23,24)25/h3-7,9,13,15,17H,8,10-12H2,1-2H3,(H,27,32)(H2,26,28,29,33)/t15-,17+/m0/s1. The minimum absolute atomic E-state index is 0.0255. The summed E-state index contributed by atoms with van der Waals surface area (Å²) in [5.41, 5.74) is -0.461. The first-order valence-electron chi connectivity index (χ1n) is 10.6. The van der Waals surface area contributed by atoms with Crippen LogP contribution in [0.2, 0.25) is 0 Å². The second-order valence-electron chi connectivity index (χ2n) is 8.52. The Kier molecular flexibility index (Phi) is 7.39. The van der Waals surface area contributed by atoms with Crippen LogP contribution in [0.25, 0.3) is 0 Å². The van der Waals surface area contributed by atoms with Gasteiger partial charge in [-0.15, -0.1) is 0 Å². The topological polar surface area (TPSA) is 107 Å². The van der Waals surface area contributed by atoms with Gasteiger partial charge < -0.3 is 15.5 Å². The van der Waals surface area contributed by atoms with Gasteiger partial charge in [-0.05, 0) is 30.0 Å². The number of aromatic amines is 1. The van der Waals surface area contributed by atoms with Crippen LogP contribution in [0.1, 0.15) is 37.8 Å². The van der Waals surface area contributed by atoms with Crippen LogP contribution in [0, 0.1) is 11.8 Å². The molecule has 3 N–H and O–H groups in total. The lowest BCUT2D eigenvalue weighted by Crippen LogP contribution is -2.47. The molecule has 0 radical (unpaired) electrons. The van der Waals surface area contributed by atoms with Gasteiger partial charge in [0.15, 0.2) is 0 Å². The first-order valence-corrected chi connectivity index (χ1v) is 10.6. The molecule has 0 spiro atoms. The molecule has 2 heterocycles. The summed E-state index contributed by atoms with van der Waals surface area (Å²) in [4.78, 5) is 39.3. The Morgan fingerprint density at radius 1 is 1.27 bits per heavy atom. The summed E-state index contributed by atoms with van der Waals surface area (Å²) in [6.45, 7) is 3.87. The van der Waals surface area contributed by atoms with E-state index in [0.717, 1.165) is 12.1 Å². The Hall–Kier alpha value is -3.37. The fraction of sp³-hybridized carbons (Fsp3) is 0.455. The number of hydrogen-bond acceptors (Lipinski definition) is 4. The lowest BCUT2D eigenvalue weighted by Gasteiger charge is -2.22. The van der Waals surface area contributed by atoms with E-state index in [1.165, 1.54) is 23.2 Å². The van der Waals surface area contributed by atoms with Gasteiger partial charge in [-0.25, -0.2) is 0 Å². The molecule has 3 amide bonds. The van der Waals surface area contributed by atoms with Crippen LogP contribution in [-0.2, 0) is 27.1 Å². The molecule has 1 aromatic carbocycles. The van der Waals surface area contributed by atoms with E-state index < -0.39 is 35.5 Å². The zero-order valence-corrected chi connectivity index (χ0v) is 18.3. The normalized spacial score (nSPS) is 17.3. The van der Waals surface area contributed by atoms with Crippen molar-refractivity contribution in [3.63, 3.8) is 0 Å². The highest BCUT2D eigenvalue weighted by Crippen LogP contribution is 2.30. The number of hydrogen-bond donors (Lipinski definition) is 3. The summed E-state index contributed by atoms with van der Waals surface area (Å²) in [6.07, 6.45) is -2.67. The number of anilines is 1. The van der Waals surface area contributed by atoms with Gasteiger partial charge in [0.25, 0.3) is 0 Å². The Morgan fingerprint density at radius 3 is 2.67 bits per heavy atom. The Balaban J connectivity index is 1.62. The zero-order chi connectivity index (χ0) is 24.2. The monoisotopic (exact) mass is 465 g/mol. The molecule has 3 rings (SSSR count). The van der Waals surface area contributed by atoms with Gasteiger partial charge in [-0.2, -0.15) is 18.3 Å². The molecule has 11 heteroatoms. The molecular formula is C22H26F3N5O3. The Labute approximate surface area is 188 Å². The summed E-state index contributed by atoms with van der Waals surface area (Å²) in [5, 5.41) is 11.7. The van der Waals surface area contributed by atoms with Gasteiger partial charge >= 0.3 is 6.18 Å². The molecule has 2 atom stereocenters. The number of nitrogens with zero attached hydrogens (tertiary/aromatic N) is 2. The van der Waals surface area contributed by atoms with Gasteiger partial charge in [0.1, 0.15) is 11.9 Å². The van der Waals surface area contributed by atoms with Crippen molar-refractivity contribution < 1.29 is 27.6 Å². The maximum absolute atomic E-state index is 13.0. The van der Waals surface area contributed by atoms with E-state index in [-0.39, 0.29) is 31.3 Å². The van der Waals surface area contributed by atoms with Crippen LogP contribution in [0.15, 0.2) is 36.5 Å². The molecule has 1 aliphatic rings. The molecule has 0 unspecified atom stereocenters. The molecule has 1 saturated heterocycles. The summed E-state index contributed by atoms with van der Waals surface area (Å²) < 4.78 is 38.9. The summed E-state index contributed by atoms with van der Waals surface area (Å²) >= 11 is 0. The van der Waals surface area contributed by atoms with Crippen molar-refractivity contribution in [1.29, 1.82) is 0 Å². The van der Waals surface area contributed by atoms with E-state index in [9.17, 15) is 27.6 Å². The van der Waals surface area contributed by atoms with Gasteiger partial charge in [0.2, 0.25) is 17.7 Å². The molecular weight excluding hydrogens is 439 g/mol. The largest absolute Gasteiger partial charge is 0.416 e. The van der Waals surface area contributed by atoms with E-state index in [0.29, 0.717) is 17.8 Å². The van der Waals surface area contributed by atoms with E-state index in [4.69, 9.17) is 0 Å². The van der Waals surface area contributed by atoms with Gasteiger partial charge in [-0.1, -0.05) is 26.0 Å². The molecule has 0 bridgehead atoms. The van der Waals surface area contributed by atoms with Gasteiger partial charge in [-0.3, -0.25) is 19.5 Å². The predicted molar refractivity (Wildman–Crippen MR) is 114 cm³/mol. The smallest absolute Gasteiger partial charge is 0.344 e. The average Bonchev–Trinajstić information content (AvgIpc) is 3.36. The molecule has 8 nitrogen and oxygen atoms in total. The third kappa shape index (κ3) is 6.56. The van der Waals surface area contributed by atoms with Crippen molar-refractivity contribution in [2.24, 2.45) is 11.8 Å². The third-order valence-corrected chi connectivity index (χ3v) is 5.31. The highest BCUT2D eigenvalue weighted by Gasteiger charge is 2.36. The second-order valence-corrected chi connectivity index (χ2v) is 8.52. The summed E-state index contributed by atoms with van der Waals surface area (Å²) in [6, 6.07) is 5.53. The van der Waals surface area contributed by atoms with Crippen molar-refractivity contribution in [3.8, 4) is 0 Å². The molecule has 178 valence electrons. The molecule has 0 aliphatic carbocycles. The number of carbonyl (C=O) groups excluding carboxylic acids is 3. The van der Waals surface area contributed by atoms with Crippen molar-refractivity contribution in [1.82, 2.24) is 20.4 Å². The maximum atomic E-state index is 13.0. The predicted octanol–water partition coefficient (Wildman–Crippen LogP) is 2.95. The van der Waals surface area contributed by atoms with Crippen molar-refractivity contribution in [3.05, 3.63) is 47.7 Å². The highest BCUT2D eigenvalue weighted by atomic mass is 19.4. The summed E-state index contributed by atoms with van der Waals surface area (Å²) in [5.74, 6) is -1.36. The number of alkyl halides is 3. The molecule has 33 heavy (non-hydrogen) atoms. The Bertz CT molecular complexity index is 991. The Morgan fingerprint density at radius 2 is 2.03 bits per heavy atom. The number of nitrogens with one attached hydrogen (secondary N) is 3. The average molecular weight is 465 g/mol. The van der Waals surface area contributed by atoms with E-state index in [1.54, 1.807) is 6.07 Å². The number of H-pyrrole nitrogens is 1. The second kappa shape index (κ2) is 10.1. The first-order chi connectivity index (χ1) is 15.5. The van der Waals surface area contributed by atoms with Crippen molar-refractivity contribution in [2.45, 2.75) is 45.5 Å². The number of benzene rings is 1. The molecule has 1 aromatic heterocycles. The number of amides is 3.